The number of aliphatic carboxylic acids is 1. The van der Waals surface area contributed by atoms with Crippen LogP contribution in [0.2, 0.25) is 0 Å². The van der Waals surface area contributed by atoms with E-state index in [0.29, 0.717) is 0 Å². The summed E-state index contributed by atoms with van der Waals surface area (Å²) in [6, 6.07) is -2.14. The van der Waals surface area contributed by atoms with Crippen molar-refractivity contribution >= 4 is 42.2 Å². The number of nitrogens with one attached hydrogen (secondary N) is 3. The molecule has 0 aliphatic rings. The lowest BCUT2D eigenvalue weighted by Gasteiger charge is -2.21. The van der Waals surface area contributed by atoms with Gasteiger partial charge in [-0.2, -0.15) is 12.6 Å². The Hall–Kier alpha value is -2.30. The number of carbonyl (C=O) groups excluding carboxylic acids is 4. The first-order chi connectivity index (χ1) is 11.6. The van der Waals surface area contributed by atoms with Crippen molar-refractivity contribution in [3.63, 3.8) is 0 Å². The number of amides is 4. The molecule has 2 atom stereocenters. The molecule has 4 amide bonds. The summed E-state index contributed by atoms with van der Waals surface area (Å²) in [4.78, 5) is 56.9. The highest BCUT2D eigenvalue weighted by atomic mass is 32.1. The van der Waals surface area contributed by atoms with E-state index in [1.54, 1.807) is 13.8 Å². The molecular weight excluding hydrogens is 352 g/mol. The smallest absolute Gasteiger partial charge is 0.326 e. The van der Waals surface area contributed by atoms with E-state index >= 15 is 0 Å². The number of carboxylic acid groups (broad SMARTS) is 1. The monoisotopic (exact) mass is 376 g/mol. The van der Waals surface area contributed by atoms with E-state index in [2.05, 4.69) is 28.6 Å². The maximum absolute atomic E-state index is 12.1. The summed E-state index contributed by atoms with van der Waals surface area (Å²) in [5.74, 6) is -4.07. The molecule has 0 saturated carbocycles. The lowest BCUT2D eigenvalue weighted by Crippen LogP contribution is -2.52. The van der Waals surface area contributed by atoms with Crippen LogP contribution >= 0.6 is 12.6 Å². The molecule has 0 aromatic heterocycles. The number of nitrogens with two attached hydrogens (primary N) is 1. The molecule has 0 aromatic carbocycles. The maximum atomic E-state index is 12.1. The van der Waals surface area contributed by atoms with E-state index in [1.165, 1.54) is 0 Å². The number of hydrogen-bond donors (Lipinski definition) is 6. The largest absolute Gasteiger partial charge is 0.480 e. The molecule has 0 fully saturated rings. The fourth-order valence-electron chi connectivity index (χ4n) is 1.82. The van der Waals surface area contributed by atoms with Crippen molar-refractivity contribution in [3.05, 3.63) is 0 Å². The predicted octanol–water partition coefficient (Wildman–Crippen LogP) is -1.99. The average Bonchev–Trinajstić information content (AvgIpc) is 2.52. The third-order valence-electron chi connectivity index (χ3n) is 3.15. The molecule has 0 radical (unpaired) electrons. The Morgan fingerprint density at radius 3 is 2.12 bits per heavy atom. The second-order valence-electron chi connectivity index (χ2n) is 5.63. The van der Waals surface area contributed by atoms with Gasteiger partial charge in [0.2, 0.25) is 23.6 Å². The van der Waals surface area contributed by atoms with Crippen LogP contribution in [0.25, 0.3) is 0 Å². The molecular formula is C14H24N4O6S. The summed E-state index contributed by atoms with van der Waals surface area (Å²) in [5.41, 5.74) is 4.94. The van der Waals surface area contributed by atoms with Gasteiger partial charge in [0.15, 0.2) is 0 Å². The van der Waals surface area contributed by atoms with E-state index in [1.807, 2.05) is 0 Å². The second kappa shape index (κ2) is 11.3. The van der Waals surface area contributed by atoms with Crippen molar-refractivity contribution in [2.45, 2.75) is 38.8 Å². The molecule has 0 bridgehead atoms. The van der Waals surface area contributed by atoms with Crippen molar-refractivity contribution in [2.75, 3.05) is 12.3 Å². The van der Waals surface area contributed by atoms with Gasteiger partial charge in [-0.25, -0.2) is 4.79 Å². The Labute approximate surface area is 150 Å². The van der Waals surface area contributed by atoms with Crippen LogP contribution < -0.4 is 21.7 Å². The number of rotatable bonds is 11. The number of carboxylic acids is 1. The van der Waals surface area contributed by atoms with Crippen LogP contribution in [-0.2, 0) is 24.0 Å². The third-order valence-corrected chi connectivity index (χ3v) is 3.43. The predicted molar refractivity (Wildman–Crippen MR) is 91.6 cm³/mol. The molecule has 25 heavy (non-hydrogen) atoms. The van der Waals surface area contributed by atoms with Gasteiger partial charge in [0.1, 0.15) is 12.1 Å². The van der Waals surface area contributed by atoms with Crippen molar-refractivity contribution in [2.24, 2.45) is 11.7 Å². The first-order valence-electron chi connectivity index (χ1n) is 7.56. The zero-order valence-corrected chi connectivity index (χ0v) is 15.0. The number of primary amides is 1. The first kappa shape index (κ1) is 22.7. The van der Waals surface area contributed by atoms with Gasteiger partial charge in [-0.05, 0) is 12.3 Å². The molecule has 6 N–H and O–H groups in total. The molecule has 142 valence electrons. The summed E-state index contributed by atoms with van der Waals surface area (Å²) < 4.78 is 0. The van der Waals surface area contributed by atoms with Gasteiger partial charge < -0.3 is 26.8 Å². The van der Waals surface area contributed by atoms with Gasteiger partial charge in [-0.3, -0.25) is 19.2 Å². The zero-order valence-electron chi connectivity index (χ0n) is 14.1. The number of thiol groups is 1. The average molecular weight is 376 g/mol. The Balaban J connectivity index is 4.57. The number of hydrogen-bond acceptors (Lipinski definition) is 6. The van der Waals surface area contributed by atoms with Crippen molar-refractivity contribution in [1.29, 1.82) is 0 Å². The summed E-state index contributed by atoms with van der Waals surface area (Å²) in [6.45, 7) is 2.96. The second-order valence-corrected chi connectivity index (χ2v) is 5.94. The fourth-order valence-corrected chi connectivity index (χ4v) is 1.91. The van der Waals surface area contributed by atoms with Gasteiger partial charge in [0, 0.05) is 6.42 Å². The number of carbonyl (C=O) groups is 5. The summed E-state index contributed by atoms with van der Waals surface area (Å²) in [6.07, 6.45) is -0.355. The van der Waals surface area contributed by atoms with Crippen molar-refractivity contribution in [1.82, 2.24) is 16.0 Å². The van der Waals surface area contributed by atoms with E-state index in [-0.39, 0.29) is 24.5 Å². The minimum Gasteiger partial charge on any atom is -0.480 e. The molecule has 2 unspecified atom stereocenters. The molecule has 10 nitrogen and oxygen atoms in total. The van der Waals surface area contributed by atoms with E-state index in [0.717, 1.165) is 0 Å². The Kier molecular flexibility index (Phi) is 10.2. The van der Waals surface area contributed by atoms with E-state index in [4.69, 9.17) is 10.8 Å². The molecule has 0 heterocycles. The van der Waals surface area contributed by atoms with Gasteiger partial charge in [-0.15, -0.1) is 0 Å². The van der Waals surface area contributed by atoms with Crippen LogP contribution in [0.5, 0.6) is 0 Å². The third kappa shape index (κ3) is 9.55. The molecule has 0 spiro atoms. The zero-order chi connectivity index (χ0) is 19.6. The quantitative estimate of drug-likeness (QED) is 0.228. The Morgan fingerprint density at radius 2 is 1.68 bits per heavy atom. The Morgan fingerprint density at radius 1 is 1.08 bits per heavy atom. The summed E-state index contributed by atoms with van der Waals surface area (Å²) >= 11 is 3.81. The lowest BCUT2D eigenvalue weighted by molar-refractivity contribution is -0.142. The van der Waals surface area contributed by atoms with Crippen LogP contribution in [-0.4, -0.2) is 59.1 Å². The SMILES string of the molecule is CC(C)C(NC(=O)CS)C(=O)NCC(=O)NC(CCC(N)=O)C(=O)O. The first-order valence-corrected chi connectivity index (χ1v) is 8.20. The maximum Gasteiger partial charge on any atom is 0.326 e. The van der Waals surface area contributed by atoms with Crippen LogP contribution in [0.1, 0.15) is 26.7 Å². The highest BCUT2D eigenvalue weighted by molar-refractivity contribution is 7.81. The normalized spacial score (nSPS) is 12.8. The standard InChI is InChI=1S/C14H24N4O6S/c1-7(2)12(18-11(21)6-25)13(22)16-5-10(20)17-8(14(23)24)3-4-9(15)19/h7-8,12,25H,3-6H2,1-2H3,(H2,15,19)(H,16,22)(H,17,20)(H,18,21)(H,23,24). The fraction of sp³-hybridized carbons (Fsp3) is 0.643. The highest BCUT2D eigenvalue weighted by Crippen LogP contribution is 2.02. The van der Waals surface area contributed by atoms with Gasteiger partial charge in [0.05, 0.1) is 12.3 Å². The van der Waals surface area contributed by atoms with Gasteiger partial charge >= 0.3 is 5.97 Å². The van der Waals surface area contributed by atoms with E-state index in [9.17, 15) is 24.0 Å². The molecule has 0 rings (SSSR count). The lowest BCUT2D eigenvalue weighted by atomic mass is 10.0. The molecule has 0 saturated heterocycles. The topological polar surface area (TPSA) is 168 Å². The van der Waals surface area contributed by atoms with Crippen molar-refractivity contribution in [3.8, 4) is 0 Å². The van der Waals surface area contributed by atoms with Crippen LogP contribution in [0.4, 0.5) is 0 Å². The molecule has 11 heteroatoms. The summed E-state index contributed by atoms with van der Waals surface area (Å²) in [7, 11) is 0. The van der Waals surface area contributed by atoms with Crippen molar-refractivity contribution < 1.29 is 29.1 Å². The highest BCUT2D eigenvalue weighted by Gasteiger charge is 2.25. The van der Waals surface area contributed by atoms with Gasteiger partial charge in [-0.1, -0.05) is 13.8 Å². The van der Waals surface area contributed by atoms with Crippen LogP contribution in [0, 0.1) is 5.92 Å². The molecule has 0 aromatic rings. The minimum atomic E-state index is -1.32. The minimum absolute atomic E-state index is 0.0862. The Bertz CT molecular complexity index is 525. The van der Waals surface area contributed by atoms with Crippen LogP contribution in [0.3, 0.4) is 0 Å². The molecule has 0 aliphatic carbocycles. The van der Waals surface area contributed by atoms with E-state index < -0.39 is 48.2 Å². The summed E-state index contributed by atoms with van der Waals surface area (Å²) in [5, 5.41) is 16.0. The van der Waals surface area contributed by atoms with Crippen LogP contribution in [0.15, 0.2) is 0 Å². The van der Waals surface area contributed by atoms with Gasteiger partial charge in [0.25, 0.3) is 0 Å². The molecule has 0 aliphatic heterocycles.